The Bertz CT molecular complexity index is 953. The van der Waals surface area contributed by atoms with Crippen LogP contribution >= 0.6 is 11.8 Å². The molecule has 0 aliphatic carbocycles. The number of benzene rings is 2. The van der Waals surface area contributed by atoms with Gasteiger partial charge in [-0.3, -0.25) is 0 Å². The molecule has 7 nitrogen and oxygen atoms in total. The molecule has 2 N–H and O–H groups in total. The van der Waals surface area contributed by atoms with Crippen LogP contribution in [0.4, 0.5) is 9.59 Å². The molecule has 0 aromatic heterocycles. The molecule has 1 unspecified atom stereocenters. The molecule has 0 aliphatic rings. The molecular weight excluding hydrogens is 476 g/mol. The van der Waals surface area contributed by atoms with E-state index in [2.05, 4.69) is 10.6 Å². The SMILES string of the molecule is COc1ccc(CSC(CNC(=O)OC(C)(C)C)[C@H](Cc2ccccc2)NC(=O)OC(C)(C)C)cc1. The van der Waals surface area contributed by atoms with Crippen LogP contribution in [0.5, 0.6) is 5.75 Å². The summed E-state index contributed by atoms with van der Waals surface area (Å²) in [5, 5.41) is 5.78. The van der Waals surface area contributed by atoms with Crippen LogP contribution in [-0.2, 0) is 21.6 Å². The van der Waals surface area contributed by atoms with Crippen molar-refractivity contribution in [2.24, 2.45) is 0 Å². The molecule has 0 heterocycles. The number of alkyl carbamates (subject to hydrolysis) is 2. The normalized spacial score (nSPS) is 13.3. The lowest BCUT2D eigenvalue weighted by molar-refractivity contribution is 0.0501. The molecule has 0 saturated heterocycles. The molecule has 198 valence electrons. The smallest absolute Gasteiger partial charge is 0.407 e. The largest absolute Gasteiger partial charge is 0.497 e. The Morgan fingerprint density at radius 2 is 1.42 bits per heavy atom. The van der Waals surface area contributed by atoms with E-state index in [4.69, 9.17) is 14.2 Å². The average Bonchev–Trinajstić information content (AvgIpc) is 2.77. The van der Waals surface area contributed by atoms with Crippen molar-refractivity contribution in [3.05, 3.63) is 65.7 Å². The summed E-state index contributed by atoms with van der Waals surface area (Å²) in [7, 11) is 1.64. The van der Waals surface area contributed by atoms with Gasteiger partial charge in [0.2, 0.25) is 0 Å². The van der Waals surface area contributed by atoms with Crippen molar-refractivity contribution in [2.45, 2.75) is 76.2 Å². The molecule has 2 atom stereocenters. The van der Waals surface area contributed by atoms with Crippen LogP contribution in [-0.4, -0.2) is 48.3 Å². The van der Waals surface area contributed by atoms with Gasteiger partial charge in [-0.25, -0.2) is 9.59 Å². The standard InChI is InChI=1S/C28H40N2O5S/c1-27(2,3)34-25(31)29-18-24(36-19-21-13-15-22(33-7)16-14-21)23(17-20-11-9-8-10-12-20)30-26(32)35-28(4,5)6/h8-16,23-24H,17-19H2,1-7H3,(H,29,31)(H,30,32)/t23-,24?/m0/s1. The van der Waals surface area contributed by atoms with Crippen LogP contribution in [0.25, 0.3) is 0 Å². The third-order valence-corrected chi connectivity index (χ3v) is 6.34. The second-order valence-corrected chi connectivity index (χ2v) is 11.8. The monoisotopic (exact) mass is 516 g/mol. The summed E-state index contributed by atoms with van der Waals surface area (Å²) in [4.78, 5) is 25.2. The first kappa shape index (κ1) is 29.4. The number of ether oxygens (including phenoxy) is 3. The van der Waals surface area contributed by atoms with Crippen molar-refractivity contribution >= 4 is 23.9 Å². The second kappa shape index (κ2) is 13.4. The van der Waals surface area contributed by atoms with Gasteiger partial charge in [0.15, 0.2) is 0 Å². The lowest BCUT2D eigenvalue weighted by Gasteiger charge is -2.30. The highest BCUT2D eigenvalue weighted by Crippen LogP contribution is 2.24. The zero-order valence-corrected chi connectivity index (χ0v) is 23.2. The molecule has 0 bridgehead atoms. The van der Waals surface area contributed by atoms with Crippen LogP contribution in [0.15, 0.2) is 54.6 Å². The zero-order valence-electron chi connectivity index (χ0n) is 22.4. The third-order valence-electron chi connectivity index (χ3n) is 4.92. The summed E-state index contributed by atoms with van der Waals surface area (Å²) in [6.45, 7) is 11.3. The fraction of sp³-hybridized carbons (Fsp3) is 0.500. The third kappa shape index (κ3) is 11.7. The van der Waals surface area contributed by atoms with E-state index in [1.54, 1.807) is 18.9 Å². The number of carbonyl (C=O) groups is 2. The van der Waals surface area contributed by atoms with E-state index in [0.717, 1.165) is 16.9 Å². The van der Waals surface area contributed by atoms with Crippen LogP contribution < -0.4 is 15.4 Å². The number of hydrogen-bond acceptors (Lipinski definition) is 6. The summed E-state index contributed by atoms with van der Waals surface area (Å²) < 4.78 is 16.2. The fourth-order valence-electron chi connectivity index (χ4n) is 3.34. The minimum absolute atomic E-state index is 0.160. The Balaban J connectivity index is 2.24. The molecule has 0 saturated carbocycles. The Hall–Kier alpha value is -2.87. The number of nitrogens with one attached hydrogen (secondary N) is 2. The van der Waals surface area contributed by atoms with Gasteiger partial charge in [-0.15, -0.1) is 11.8 Å². The predicted molar refractivity (Wildman–Crippen MR) is 146 cm³/mol. The van der Waals surface area contributed by atoms with Crippen LogP contribution in [0.2, 0.25) is 0 Å². The first-order valence-electron chi connectivity index (χ1n) is 12.1. The molecule has 8 heteroatoms. The van der Waals surface area contributed by atoms with E-state index in [0.29, 0.717) is 18.7 Å². The predicted octanol–water partition coefficient (Wildman–Crippen LogP) is 5.96. The van der Waals surface area contributed by atoms with E-state index >= 15 is 0 Å². The van der Waals surface area contributed by atoms with Gasteiger partial charge < -0.3 is 24.8 Å². The summed E-state index contributed by atoms with van der Waals surface area (Å²) in [6, 6.07) is 17.5. The first-order chi connectivity index (χ1) is 16.8. The molecular formula is C28H40N2O5S. The number of carbonyl (C=O) groups excluding carboxylic acids is 2. The summed E-state index contributed by atoms with van der Waals surface area (Å²) >= 11 is 1.65. The average molecular weight is 517 g/mol. The number of rotatable bonds is 10. The van der Waals surface area contributed by atoms with E-state index in [9.17, 15) is 9.59 Å². The highest BCUT2D eigenvalue weighted by molar-refractivity contribution is 7.99. The molecule has 36 heavy (non-hydrogen) atoms. The van der Waals surface area contributed by atoms with E-state index in [1.165, 1.54) is 0 Å². The molecule has 2 rings (SSSR count). The van der Waals surface area contributed by atoms with Gasteiger partial charge in [-0.2, -0.15) is 0 Å². The maximum Gasteiger partial charge on any atom is 0.407 e. The van der Waals surface area contributed by atoms with Gasteiger partial charge >= 0.3 is 12.2 Å². The number of hydrogen-bond donors (Lipinski definition) is 2. The fourth-order valence-corrected chi connectivity index (χ4v) is 4.54. The van der Waals surface area contributed by atoms with Gasteiger partial charge in [0.25, 0.3) is 0 Å². The summed E-state index contributed by atoms with van der Waals surface area (Å²) in [5.74, 6) is 1.48. The van der Waals surface area contributed by atoms with E-state index in [-0.39, 0.29) is 11.3 Å². The minimum atomic E-state index is -0.623. The van der Waals surface area contributed by atoms with Crippen LogP contribution in [0.3, 0.4) is 0 Å². The highest BCUT2D eigenvalue weighted by atomic mass is 32.2. The second-order valence-electron chi connectivity index (χ2n) is 10.5. The van der Waals surface area contributed by atoms with Crippen LogP contribution in [0, 0.1) is 0 Å². The topological polar surface area (TPSA) is 85.9 Å². The number of thioether (sulfide) groups is 1. The van der Waals surface area contributed by atoms with Gasteiger partial charge in [-0.05, 0) is 71.2 Å². The van der Waals surface area contributed by atoms with Crippen molar-refractivity contribution < 1.29 is 23.8 Å². The lowest BCUT2D eigenvalue weighted by atomic mass is 10.0. The van der Waals surface area contributed by atoms with Crippen molar-refractivity contribution in [2.75, 3.05) is 13.7 Å². The molecule has 2 amide bonds. The molecule has 2 aromatic rings. The summed E-state index contributed by atoms with van der Waals surface area (Å²) in [5.41, 5.74) is 0.959. The van der Waals surface area contributed by atoms with Crippen molar-refractivity contribution in [1.82, 2.24) is 10.6 Å². The van der Waals surface area contributed by atoms with Gasteiger partial charge in [-0.1, -0.05) is 42.5 Å². The maximum absolute atomic E-state index is 12.8. The molecule has 0 fully saturated rings. The Morgan fingerprint density at radius 1 is 0.833 bits per heavy atom. The zero-order chi connectivity index (χ0) is 26.8. The quantitative estimate of drug-likeness (QED) is 0.405. The minimum Gasteiger partial charge on any atom is -0.497 e. The molecule has 0 radical (unpaired) electrons. The van der Waals surface area contributed by atoms with Gasteiger partial charge in [0.1, 0.15) is 17.0 Å². The molecule has 0 aliphatic heterocycles. The van der Waals surface area contributed by atoms with E-state index < -0.39 is 23.4 Å². The maximum atomic E-state index is 12.8. The Morgan fingerprint density at radius 3 is 1.97 bits per heavy atom. The molecule has 0 spiro atoms. The molecule has 2 aromatic carbocycles. The van der Waals surface area contributed by atoms with Crippen molar-refractivity contribution in [3.8, 4) is 5.75 Å². The van der Waals surface area contributed by atoms with Crippen molar-refractivity contribution in [3.63, 3.8) is 0 Å². The lowest BCUT2D eigenvalue weighted by Crippen LogP contribution is -2.49. The number of amides is 2. The van der Waals surface area contributed by atoms with Gasteiger partial charge in [0, 0.05) is 23.6 Å². The number of methoxy groups -OCH3 is 1. The Labute approximate surface area is 219 Å². The van der Waals surface area contributed by atoms with Crippen LogP contribution in [0.1, 0.15) is 52.7 Å². The van der Waals surface area contributed by atoms with E-state index in [1.807, 2.05) is 96.1 Å². The summed E-state index contributed by atoms with van der Waals surface area (Å²) in [6.07, 6.45) is -0.403. The first-order valence-corrected chi connectivity index (χ1v) is 13.1. The van der Waals surface area contributed by atoms with Crippen molar-refractivity contribution in [1.29, 1.82) is 0 Å². The Kier molecular flexibility index (Phi) is 11.0. The highest BCUT2D eigenvalue weighted by Gasteiger charge is 2.28. The van der Waals surface area contributed by atoms with Gasteiger partial charge in [0.05, 0.1) is 7.11 Å².